The highest BCUT2D eigenvalue weighted by Gasteiger charge is 2.30. The van der Waals surface area contributed by atoms with Crippen LogP contribution in [0.1, 0.15) is 70.1 Å². The molecule has 0 aliphatic heterocycles. The number of ether oxygens (including phenoxy) is 1. The summed E-state index contributed by atoms with van der Waals surface area (Å²) in [5.41, 5.74) is 3.61. The molecule has 1 amide bonds. The summed E-state index contributed by atoms with van der Waals surface area (Å²) in [7, 11) is -4.08. The van der Waals surface area contributed by atoms with Crippen molar-refractivity contribution in [1.82, 2.24) is 0 Å². The minimum Gasteiger partial charge on any atom is -0.492 e. The number of anilines is 1. The number of carbonyl (C=O) groups excluding carboxylic acids is 1. The summed E-state index contributed by atoms with van der Waals surface area (Å²) in [5, 5.41) is 0. The van der Waals surface area contributed by atoms with Crippen LogP contribution in [0.4, 0.5) is 5.69 Å². The molecule has 204 valence electrons. The number of hydrogen-bond acceptors (Lipinski definition) is 4. The normalized spacial score (nSPS) is 11.8. The lowest BCUT2D eigenvalue weighted by Gasteiger charge is -2.23. The van der Waals surface area contributed by atoms with Crippen molar-refractivity contribution >= 4 is 37.5 Å². The number of carbonyl (C=O) groups is 1. The molecule has 3 aromatic rings. The molecule has 5 nitrogen and oxygen atoms in total. The number of benzene rings is 3. The molecule has 0 saturated heterocycles. The number of amides is 1. The first-order valence-electron chi connectivity index (χ1n) is 13.1. The van der Waals surface area contributed by atoms with Crippen molar-refractivity contribution in [2.75, 3.05) is 10.9 Å². The SMILES string of the molecule is CCCCc1ccc(N(C(=O)CCCOc2ccc(C(C)(C)C)cc2Br)S(=O)(=O)c2ccc(C)cc2)cc1. The lowest BCUT2D eigenvalue weighted by Crippen LogP contribution is -2.37. The van der Waals surface area contributed by atoms with Gasteiger partial charge in [-0.2, -0.15) is 0 Å². The van der Waals surface area contributed by atoms with Gasteiger partial charge in [0.15, 0.2) is 0 Å². The lowest BCUT2D eigenvalue weighted by atomic mass is 9.87. The summed E-state index contributed by atoms with van der Waals surface area (Å²) in [6.45, 7) is 10.8. The average molecular weight is 601 g/mol. The number of aryl methyl sites for hydroxylation is 2. The zero-order valence-corrected chi connectivity index (χ0v) is 25.4. The lowest BCUT2D eigenvalue weighted by molar-refractivity contribution is -0.117. The zero-order valence-electron chi connectivity index (χ0n) is 23.0. The first-order valence-corrected chi connectivity index (χ1v) is 15.3. The second-order valence-corrected chi connectivity index (χ2v) is 13.2. The highest BCUT2D eigenvalue weighted by Crippen LogP contribution is 2.32. The van der Waals surface area contributed by atoms with E-state index in [9.17, 15) is 13.2 Å². The van der Waals surface area contributed by atoms with Crippen molar-refractivity contribution in [2.24, 2.45) is 0 Å². The summed E-state index contributed by atoms with van der Waals surface area (Å²) in [6.07, 6.45) is 3.45. The van der Waals surface area contributed by atoms with Gasteiger partial charge in [-0.15, -0.1) is 0 Å². The van der Waals surface area contributed by atoms with E-state index in [0.717, 1.165) is 39.2 Å². The van der Waals surface area contributed by atoms with Crippen LogP contribution in [0, 0.1) is 6.92 Å². The van der Waals surface area contributed by atoms with Gasteiger partial charge in [-0.1, -0.05) is 70.0 Å². The fourth-order valence-corrected chi connectivity index (χ4v) is 5.95. The van der Waals surface area contributed by atoms with Crippen LogP contribution in [0.25, 0.3) is 0 Å². The van der Waals surface area contributed by atoms with E-state index in [1.165, 1.54) is 5.56 Å². The van der Waals surface area contributed by atoms with E-state index in [1.807, 2.05) is 37.3 Å². The number of nitrogens with zero attached hydrogens (tertiary/aromatic N) is 1. The third-order valence-corrected chi connectivity index (χ3v) is 8.75. The van der Waals surface area contributed by atoms with Gasteiger partial charge >= 0.3 is 0 Å². The standard InChI is InChI=1S/C31H38BrNO4S/c1-6-7-9-24-13-16-26(17-14-24)33(38(35,36)27-18-11-23(2)12-19-27)30(34)10-8-21-37-29-20-15-25(22-28(29)32)31(3,4)5/h11-20,22H,6-10,21H2,1-5H3. The molecule has 0 aliphatic carbocycles. The van der Waals surface area contributed by atoms with Gasteiger partial charge in [0, 0.05) is 6.42 Å². The van der Waals surface area contributed by atoms with E-state index < -0.39 is 15.9 Å². The van der Waals surface area contributed by atoms with Gasteiger partial charge in [0.1, 0.15) is 5.75 Å². The molecule has 0 unspecified atom stereocenters. The van der Waals surface area contributed by atoms with Gasteiger partial charge in [-0.05, 0) is 95.1 Å². The Kier molecular flexibility index (Phi) is 10.2. The van der Waals surface area contributed by atoms with Crippen LogP contribution < -0.4 is 9.04 Å². The zero-order chi connectivity index (χ0) is 27.9. The van der Waals surface area contributed by atoms with Crippen LogP contribution in [0.5, 0.6) is 5.75 Å². The van der Waals surface area contributed by atoms with Crippen molar-refractivity contribution in [1.29, 1.82) is 0 Å². The average Bonchev–Trinajstić information content (AvgIpc) is 2.86. The van der Waals surface area contributed by atoms with E-state index in [1.54, 1.807) is 36.4 Å². The Morgan fingerprint density at radius 2 is 1.61 bits per heavy atom. The van der Waals surface area contributed by atoms with Crippen molar-refractivity contribution in [3.8, 4) is 5.75 Å². The smallest absolute Gasteiger partial charge is 0.270 e. The van der Waals surface area contributed by atoms with Gasteiger partial charge in [-0.25, -0.2) is 12.7 Å². The Bertz CT molecular complexity index is 1330. The Balaban J connectivity index is 1.76. The van der Waals surface area contributed by atoms with Gasteiger partial charge in [0.2, 0.25) is 5.91 Å². The van der Waals surface area contributed by atoms with Gasteiger partial charge < -0.3 is 4.74 Å². The summed E-state index contributed by atoms with van der Waals surface area (Å²) < 4.78 is 34.9. The van der Waals surface area contributed by atoms with Gasteiger partial charge in [-0.3, -0.25) is 4.79 Å². The number of halogens is 1. The first-order chi connectivity index (χ1) is 17.9. The second kappa shape index (κ2) is 12.9. The highest BCUT2D eigenvalue weighted by molar-refractivity contribution is 9.10. The fraction of sp³-hybridized carbons (Fsp3) is 0.387. The van der Waals surface area contributed by atoms with Crippen LogP contribution in [-0.4, -0.2) is 20.9 Å². The highest BCUT2D eigenvalue weighted by atomic mass is 79.9. The predicted molar refractivity (Wildman–Crippen MR) is 158 cm³/mol. The maximum absolute atomic E-state index is 13.6. The molecule has 3 rings (SSSR count). The number of sulfonamides is 1. The molecule has 0 heterocycles. The minimum atomic E-state index is -4.08. The van der Waals surface area contributed by atoms with E-state index in [0.29, 0.717) is 17.9 Å². The van der Waals surface area contributed by atoms with Crippen molar-refractivity contribution in [3.05, 3.63) is 87.9 Å². The van der Waals surface area contributed by atoms with Gasteiger partial charge in [0.25, 0.3) is 10.0 Å². The summed E-state index contributed by atoms with van der Waals surface area (Å²) in [5.74, 6) is 0.204. The summed E-state index contributed by atoms with van der Waals surface area (Å²) >= 11 is 3.57. The molecule has 0 saturated carbocycles. The maximum atomic E-state index is 13.6. The second-order valence-electron chi connectivity index (χ2n) is 10.6. The van der Waals surface area contributed by atoms with Crippen LogP contribution in [0.15, 0.2) is 76.1 Å². The van der Waals surface area contributed by atoms with Crippen LogP contribution in [0.3, 0.4) is 0 Å². The minimum absolute atomic E-state index is 0.0219. The largest absolute Gasteiger partial charge is 0.492 e. The third-order valence-electron chi connectivity index (χ3n) is 6.37. The molecular weight excluding hydrogens is 562 g/mol. The molecule has 3 aromatic carbocycles. The molecule has 38 heavy (non-hydrogen) atoms. The molecule has 0 aromatic heterocycles. The predicted octanol–water partition coefficient (Wildman–Crippen LogP) is 7.98. The van der Waals surface area contributed by atoms with Crippen LogP contribution in [0.2, 0.25) is 0 Å². The van der Waals surface area contributed by atoms with Gasteiger partial charge in [0.05, 0.1) is 21.7 Å². The van der Waals surface area contributed by atoms with E-state index >= 15 is 0 Å². The molecule has 0 N–H and O–H groups in total. The molecular formula is C31H38BrNO4S. The van der Waals surface area contributed by atoms with E-state index in [4.69, 9.17) is 4.74 Å². The molecule has 0 aliphatic rings. The summed E-state index contributed by atoms with van der Waals surface area (Å²) in [6, 6.07) is 19.8. The van der Waals surface area contributed by atoms with Crippen LogP contribution in [-0.2, 0) is 26.7 Å². The molecule has 0 radical (unpaired) electrons. The topological polar surface area (TPSA) is 63.7 Å². The number of unbranched alkanes of at least 4 members (excludes halogenated alkanes) is 1. The third kappa shape index (κ3) is 7.70. The first kappa shape index (κ1) is 29.9. The molecule has 0 fully saturated rings. The molecule has 7 heteroatoms. The Hall–Kier alpha value is -2.64. The molecule has 0 bridgehead atoms. The number of hydrogen-bond donors (Lipinski definition) is 0. The Labute approximate surface area is 236 Å². The van der Waals surface area contributed by atoms with Crippen molar-refractivity contribution < 1.29 is 17.9 Å². The maximum Gasteiger partial charge on any atom is 0.270 e. The van der Waals surface area contributed by atoms with Crippen LogP contribution >= 0.6 is 15.9 Å². The van der Waals surface area contributed by atoms with Crippen molar-refractivity contribution in [3.63, 3.8) is 0 Å². The Morgan fingerprint density at radius 3 is 2.18 bits per heavy atom. The molecule has 0 spiro atoms. The fourth-order valence-electron chi connectivity index (χ4n) is 4.00. The van der Waals surface area contributed by atoms with E-state index in [-0.39, 0.29) is 23.3 Å². The number of rotatable bonds is 11. The van der Waals surface area contributed by atoms with Crippen molar-refractivity contribution in [2.45, 2.75) is 77.0 Å². The quantitative estimate of drug-likeness (QED) is 0.210. The monoisotopic (exact) mass is 599 g/mol. The molecule has 0 atom stereocenters. The summed E-state index contributed by atoms with van der Waals surface area (Å²) in [4.78, 5) is 13.5. The van der Waals surface area contributed by atoms with E-state index in [2.05, 4.69) is 43.6 Å². The Morgan fingerprint density at radius 1 is 0.947 bits per heavy atom.